The van der Waals surface area contributed by atoms with Crippen molar-refractivity contribution in [3.63, 3.8) is 0 Å². The smallest absolute Gasteiger partial charge is 0.252 e. The number of carbonyl (C=O) groups excluding carboxylic acids is 1. The summed E-state index contributed by atoms with van der Waals surface area (Å²) >= 11 is 1.69. The van der Waals surface area contributed by atoms with E-state index in [1.807, 2.05) is 23.7 Å². The summed E-state index contributed by atoms with van der Waals surface area (Å²) in [7, 11) is 0. The Morgan fingerprint density at radius 1 is 1.33 bits per heavy atom. The van der Waals surface area contributed by atoms with Crippen LogP contribution in [-0.2, 0) is 11.3 Å². The maximum absolute atomic E-state index is 13.1. The van der Waals surface area contributed by atoms with Gasteiger partial charge in [0.1, 0.15) is 0 Å². The lowest BCUT2D eigenvalue weighted by molar-refractivity contribution is 0.00673. The largest absolute Gasteiger partial charge is 0.379 e. The molecule has 1 aliphatic heterocycles. The molecule has 0 spiro atoms. The zero-order chi connectivity index (χ0) is 21.1. The van der Waals surface area contributed by atoms with Gasteiger partial charge in [-0.05, 0) is 30.4 Å². The highest BCUT2D eigenvalue weighted by atomic mass is 32.1. The molecule has 0 aliphatic carbocycles. The van der Waals surface area contributed by atoms with E-state index in [-0.39, 0.29) is 11.9 Å². The molecule has 7 nitrogen and oxygen atoms in total. The molecule has 8 heteroatoms. The molecule has 1 aliphatic rings. The van der Waals surface area contributed by atoms with Crippen LogP contribution in [0.4, 0.5) is 0 Å². The fourth-order valence-electron chi connectivity index (χ4n) is 4.01. The molecule has 1 unspecified atom stereocenters. The Bertz CT molecular complexity index is 993. The number of hydrogen-bond acceptors (Lipinski definition) is 6. The molecule has 0 radical (unpaired) electrons. The molecular weight excluding hydrogens is 398 g/mol. The molecule has 4 rings (SSSR count). The number of nitrogens with one attached hydrogen (secondary N) is 1. The van der Waals surface area contributed by atoms with E-state index >= 15 is 0 Å². The van der Waals surface area contributed by atoms with Crippen molar-refractivity contribution < 1.29 is 9.53 Å². The van der Waals surface area contributed by atoms with Gasteiger partial charge in [-0.3, -0.25) is 9.69 Å². The summed E-state index contributed by atoms with van der Waals surface area (Å²) in [6, 6.07) is 6.26. The van der Waals surface area contributed by atoms with Crippen molar-refractivity contribution in [1.29, 1.82) is 0 Å². The zero-order valence-corrected chi connectivity index (χ0v) is 18.6. The number of rotatable bonds is 7. The second kappa shape index (κ2) is 9.24. The number of nitrogens with zero attached hydrogens (tertiary/aromatic N) is 4. The van der Waals surface area contributed by atoms with Crippen molar-refractivity contribution in [3.05, 3.63) is 45.9 Å². The maximum Gasteiger partial charge on any atom is 0.252 e. The number of aromatic nitrogens is 3. The molecule has 160 valence electrons. The number of hydrogen-bond donors (Lipinski definition) is 1. The molecule has 0 saturated carbocycles. The first-order chi connectivity index (χ1) is 14.5. The third-order valence-electron chi connectivity index (χ3n) is 5.62. The third-order valence-corrected chi connectivity index (χ3v) is 6.48. The van der Waals surface area contributed by atoms with E-state index in [4.69, 9.17) is 4.74 Å². The van der Waals surface area contributed by atoms with Crippen LogP contribution in [0.25, 0.3) is 11.0 Å². The third kappa shape index (κ3) is 4.55. The molecule has 1 amide bonds. The number of ether oxygens (including phenoxy) is 1. The Kier molecular flexibility index (Phi) is 6.46. The quantitative estimate of drug-likeness (QED) is 0.628. The van der Waals surface area contributed by atoms with Crippen molar-refractivity contribution in [2.24, 2.45) is 5.92 Å². The molecule has 1 N–H and O–H groups in total. The van der Waals surface area contributed by atoms with Crippen LogP contribution < -0.4 is 5.32 Å². The molecule has 30 heavy (non-hydrogen) atoms. The molecule has 0 bridgehead atoms. The van der Waals surface area contributed by atoms with Crippen molar-refractivity contribution >= 4 is 28.3 Å². The summed E-state index contributed by atoms with van der Waals surface area (Å²) in [6.07, 6.45) is 1.76. The van der Waals surface area contributed by atoms with Gasteiger partial charge in [-0.2, -0.15) is 5.10 Å². The van der Waals surface area contributed by atoms with Gasteiger partial charge in [0.15, 0.2) is 5.65 Å². The van der Waals surface area contributed by atoms with E-state index in [1.54, 1.807) is 17.5 Å². The summed E-state index contributed by atoms with van der Waals surface area (Å²) in [4.78, 5) is 21.4. The number of aryl methyl sites for hydroxylation is 1. The summed E-state index contributed by atoms with van der Waals surface area (Å²) < 4.78 is 7.35. The van der Waals surface area contributed by atoms with Crippen LogP contribution in [0.5, 0.6) is 0 Å². The highest BCUT2D eigenvalue weighted by Gasteiger charge is 2.25. The Morgan fingerprint density at radius 2 is 2.13 bits per heavy atom. The summed E-state index contributed by atoms with van der Waals surface area (Å²) in [6.45, 7) is 10.9. The van der Waals surface area contributed by atoms with Gasteiger partial charge >= 0.3 is 0 Å². The first kappa shape index (κ1) is 21.0. The fraction of sp³-hybridized carbons (Fsp3) is 0.500. The molecule has 3 aromatic heterocycles. The molecule has 1 saturated heterocycles. The van der Waals surface area contributed by atoms with Crippen molar-refractivity contribution in [1.82, 2.24) is 25.0 Å². The number of thiophene rings is 1. The average Bonchev–Trinajstić information content (AvgIpc) is 3.39. The standard InChI is InChI=1S/C22H29N5O2S/c1-15(2)20(26-6-8-29-9-7-26)13-23-22(28)18-11-16(3)25-21-19(18)12-24-27(21)14-17-5-4-10-30-17/h4-5,10-12,15,20H,6-9,13-14H2,1-3H3,(H,23,28). The number of carbonyl (C=O) groups is 1. The Morgan fingerprint density at radius 3 is 2.83 bits per heavy atom. The van der Waals surface area contributed by atoms with Crippen molar-refractivity contribution in [2.75, 3.05) is 32.8 Å². The van der Waals surface area contributed by atoms with Crippen LogP contribution in [0.2, 0.25) is 0 Å². The average molecular weight is 428 g/mol. The maximum atomic E-state index is 13.1. The number of morpholine rings is 1. The number of amides is 1. The van der Waals surface area contributed by atoms with Gasteiger partial charge in [-0.25, -0.2) is 9.67 Å². The fourth-order valence-corrected chi connectivity index (χ4v) is 4.70. The lowest BCUT2D eigenvalue weighted by Gasteiger charge is -2.36. The molecule has 1 fully saturated rings. The monoisotopic (exact) mass is 427 g/mol. The van der Waals surface area contributed by atoms with Gasteiger partial charge in [-0.1, -0.05) is 19.9 Å². The minimum absolute atomic E-state index is 0.0694. The predicted octanol–water partition coefficient (Wildman–Crippen LogP) is 2.94. The highest BCUT2D eigenvalue weighted by Crippen LogP contribution is 2.21. The molecule has 3 aromatic rings. The van der Waals surface area contributed by atoms with E-state index in [2.05, 4.69) is 45.6 Å². The normalized spacial score (nSPS) is 16.3. The van der Waals surface area contributed by atoms with Crippen LogP contribution in [0.15, 0.2) is 29.8 Å². The Balaban J connectivity index is 1.53. The topological polar surface area (TPSA) is 72.3 Å². The number of pyridine rings is 1. The van der Waals surface area contributed by atoms with E-state index in [0.29, 0.717) is 24.6 Å². The lowest BCUT2D eigenvalue weighted by Crippen LogP contribution is -2.51. The van der Waals surface area contributed by atoms with E-state index < -0.39 is 0 Å². The van der Waals surface area contributed by atoms with Gasteiger partial charge in [0.25, 0.3) is 5.91 Å². The van der Waals surface area contributed by atoms with Crippen LogP contribution in [0.1, 0.15) is 34.8 Å². The Hall–Kier alpha value is -2.29. The molecule has 0 aromatic carbocycles. The van der Waals surface area contributed by atoms with Gasteiger partial charge in [0.2, 0.25) is 0 Å². The lowest BCUT2D eigenvalue weighted by atomic mass is 10.0. The minimum atomic E-state index is -0.0694. The van der Waals surface area contributed by atoms with E-state index in [9.17, 15) is 4.79 Å². The molecule has 4 heterocycles. The second-order valence-electron chi connectivity index (χ2n) is 8.10. The van der Waals surface area contributed by atoms with Crippen LogP contribution >= 0.6 is 11.3 Å². The van der Waals surface area contributed by atoms with Crippen LogP contribution in [0.3, 0.4) is 0 Å². The second-order valence-corrected chi connectivity index (χ2v) is 9.13. The van der Waals surface area contributed by atoms with Gasteiger partial charge < -0.3 is 10.1 Å². The zero-order valence-electron chi connectivity index (χ0n) is 17.8. The van der Waals surface area contributed by atoms with Gasteiger partial charge in [0, 0.05) is 36.2 Å². The molecule has 1 atom stereocenters. The van der Waals surface area contributed by atoms with Crippen molar-refractivity contribution in [3.8, 4) is 0 Å². The number of fused-ring (bicyclic) bond motifs is 1. The first-order valence-corrected chi connectivity index (χ1v) is 11.4. The highest BCUT2D eigenvalue weighted by molar-refractivity contribution is 7.09. The van der Waals surface area contributed by atoms with Crippen molar-refractivity contribution in [2.45, 2.75) is 33.4 Å². The SMILES string of the molecule is Cc1cc(C(=O)NCC(C(C)C)N2CCOCC2)c2cnn(Cc3cccs3)c2n1. The van der Waals surface area contributed by atoms with E-state index in [1.165, 1.54) is 4.88 Å². The van der Waals surface area contributed by atoms with Gasteiger partial charge in [-0.15, -0.1) is 11.3 Å². The summed E-state index contributed by atoms with van der Waals surface area (Å²) in [5.74, 6) is 0.372. The predicted molar refractivity (Wildman–Crippen MR) is 119 cm³/mol. The molecular formula is C22H29N5O2S. The minimum Gasteiger partial charge on any atom is -0.379 e. The summed E-state index contributed by atoms with van der Waals surface area (Å²) in [5, 5.41) is 10.5. The Labute approximate surface area is 181 Å². The summed E-state index contributed by atoms with van der Waals surface area (Å²) in [5.41, 5.74) is 2.20. The van der Waals surface area contributed by atoms with Crippen LogP contribution in [0, 0.1) is 12.8 Å². The van der Waals surface area contributed by atoms with Gasteiger partial charge in [0.05, 0.1) is 36.9 Å². The first-order valence-electron chi connectivity index (χ1n) is 10.5. The van der Waals surface area contributed by atoms with Crippen LogP contribution in [-0.4, -0.2) is 64.5 Å². The van der Waals surface area contributed by atoms with E-state index in [0.717, 1.165) is 43.0 Å².